The van der Waals surface area contributed by atoms with E-state index in [-0.39, 0.29) is 5.97 Å². The van der Waals surface area contributed by atoms with Gasteiger partial charge in [0.25, 0.3) is 0 Å². The summed E-state index contributed by atoms with van der Waals surface area (Å²) < 4.78 is 5.14. The van der Waals surface area contributed by atoms with Crippen LogP contribution in [0.2, 0.25) is 0 Å². The topological polar surface area (TPSA) is 58.8 Å². The molecule has 128 valence electrons. The van der Waals surface area contributed by atoms with Crippen LogP contribution in [0.15, 0.2) is 42.5 Å². The van der Waals surface area contributed by atoms with E-state index in [4.69, 9.17) is 10.5 Å². The van der Waals surface area contributed by atoms with Crippen molar-refractivity contribution in [1.29, 1.82) is 0 Å². The van der Waals surface area contributed by atoms with Crippen molar-refractivity contribution in [1.82, 2.24) is 9.80 Å². The van der Waals surface area contributed by atoms with E-state index in [9.17, 15) is 4.79 Å². The van der Waals surface area contributed by atoms with Gasteiger partial charge in [-0.2, -0.15) is 0 Å². The van der Waals surface area contributed by atoms with Gasteiger partial charge in [-0.15, -0.1) is 0 Å². The van der Waals surface area contributed by atoms with Gasteiger partial charge in [0, 0.05) is 31.9 Å². The van der Waals surface area contributed by atoms with Gasteiger partial charge >= 0.3 is 5.97 Å². The summed E-state index contributed by atoms with van der Waals surface area (Å²) in [6.07, 6.45) is 6.75. The molecule has 0 saturated carbocycles. The number of allylic oxidation sites excluding steroid dienone is 2. The van der Waals surface area contributed by atoms with Crippen molar-refractivity contribution in [2.24, 2.45) is 0 Å². The molecule has 1 aliphatic heterocycles. The Balaban J connectivity index is 1.86. The standard InChI is InChI=1S/C19H25N3O2/c1-21-10-12-22(13-11-21)19(18(23)24-2)8-6-15(7-9-19)16-4-3-5-17(20)14-16/h3-8,14H,9-13,20H2,1-2H3. The molecule has 0 amide bonds. The summed E-state index contributed by atoms with van der Waals surface area (Å²) in [5.41, 5.74) is 8.09. The number of methoxy groups -OCH3 is 1. The fourth-order valence-corrected chi connectivity index (χ4v) is 3.46. The smallest absolute Gasteiger partial charge is 0.330 e. The zero-order valence-corrected chi connectivity index (χ0v) is 14.4. The normalized spacial score (nSPS) is 25.3. The molecule has 1 saturated heterocycles. The summed E-state index contributed by atoms with van der Waals surface area (Å²) >= 11 is 0. The van der Waals surface area contributed by atoms with Gasteiger partial charge in [-0.1, -0.05) is 30.4 Å². The maximum absolute atomic E-state index is 12.6. The second kappa shape index (κ2) is 6.79. The highest BCUT2D eigenvalue weighted by Gasteiger charge is 2.44. The molecule has 1 atom stereocenters. The van der Waals surface area contributed by atoms with Gasteiger partial charge in [0.05, 0.1) is 7.11 Å². The Morgan fingerprint density at radius 2 is 2.00 bits per heavy atom. The highest BCUT2D eigenvalue weighted by Crippen LogP contribution is 2.33. The van der Waals surface area contributed by atoms with E-state index in [1.54, 1.807) is 0 Å². The molecule has 2 aliphatic rings. The molecule has 24 heavy (non-hydrogen) atoms. The number of likely N-dealkylation sites (N-methyl/N-ethyl adjacent to an activating group) is 1. The Hall–Kier alpha value is -2.11. The third-order valence-corrected chi connectivity index (χ3v) is 5.00. The minimum absolute atomic E-state index is 0.189. The Morgan fingerprint density at radius 1 is 1.25 bits per heavy atom. The van der Waals surface area contributed by atoms with Gasteiger partial charge in [0.2, 0.25) is 0 Å². The third-order valence-electron chi connectivity index (χ3n) is 5.00. The zero-order chi connectivity index (χ0) is 17.2. The van der Waals surface area contributed by atoms with Crippen LogP contribution in [0.5, 0.6) is 0 Å². The summed E-state index contributed by atoms with van der Waals surface area (Å²) in [5, 5.41) is 0. The molecule has 5 nitrogen and oxygen atoms in total. The fraction of sp³-hybridized carbons (Fsp3) is 0.421. The van der Waals surface area contributed by atoms with Crippen LogP contribution in [0, 0.1) is 0 Å². The fourth-order valence-electron chi connectivity index (χ4n) is 3.46. The molecule has 0 radical (unpaired) electrons. The number of esters is 1. The number of rotatable bonds is 3. The quantitative estimate of drug-likeness (QED) is 0.677. The van der Waals surface area contributed by atoms with Crippen LogP contribution in [-0.2, 0) is 9.53 Å². The minimum atomic E-state index is -0.695. The van der Waals surface area contributed by atoms with Crippen LogP contribution >= 0.6 is 0 Å². The molecule has 2 N–H and O–H groups in total. The molecule has 0 aromatic heterocycles. The Morgan fingerprint density at radius 3 is 2.58 bits per heavy atom. The van der Waals surface area contributed by atoms with Gasteiger partial charge in [0.1, 0.15) is 5.54 Å². The molecule has 3 rings (SSSR count). The van der Waals surface area contributed by atoms with Crippen molar-refractivity contribution in [3.63, 3.8) is 0 Å². The van der Waals surface area contributed by atoms with E-state index in [0.29, 0.717) is 6.42 Å². The second-order valence-corrected chi connectivity index (χ2v) is 6.53. The lowest BCUT2D eigenvalue weighted by Crippen LogP contribution is -2.60. The average molecular weight is 327 g/mol. The number of piperazine rings is 1. The van der Waals surface area contributed by atoms with E-state index >= 15 is 0 Å². The van der Waals surface area contributed by atoms with Gasteiger partial charge < -0.3 is 15.4 Å². The molecule has 1 aromatic carbocycles. The molecule has 1 heterocycles. The average Bonchev–Trinajstić information content (AvgIpc) is 2.61. The monoisotopic (exact) mass is 327 g/mol. The predicted octanol–water partition coefficient (Wildman–Crippen LogP) is 1.77. The number of nitrogens with two attached hydrogens (primary N) is 1. The third kappa shape index (κ3) is 3.09. The molecule has 1 fully saturated rings. The first-order valence-corrected chi connectivity index (χ1v) is 8.32. The van der Waals surface area contributed by atoms with Crippen LogP contribution in [0.25, 0.3) is 5.57 Å². The van der Waals surface area contributed by atoms with E-state index in [1.807, 2.05) is 36.4 Å². The second-order valence-electron chi connectivity index (χ2n) is 6.53. The number of anilines is 1. The van der Waals surface area contributed by atoms with Gasteiger partial charge in [-0.25, -0.2) is 4.79 Å². The highest BCUT2D eigenvalue weighted by molar-refractivity contribution is 5.88. The van der Waals surface area contributed by atoms with Crippen LogP contribution in [0.4, 0.5) is 5.69 Å². The summed E-state index contributed by atoms with van der Waals surface area (Å²) in [6.45, 7) is 3.63. The molecule has 1 aliphatic carbocycles. The highest BCUT2D eigenvalue weighted by atomic mass is 16.5. The first-order chi connectivity index (χ1) is 11.5. The minimum Gasteiger partial charge on any atom is -0.467 e. The van der Waals surface area contributed by atoms with Crippen molar-refractivity contribution in [2.75, 3.05) is 46.1 Å². The molecule has 1 unspecified atom stereocenters. The number of hydrogen-bond acceptors (Lipinski definition) is 5. The maximum Gasteiger partial charge on any atom is 0.330 e. The number of nitrogens with zero attached hydrogens (tertiary/aromatic N) is 2. The van der Waals surface area contributed by atoms with E-state index < -0.39 is 5.54 Å². The van der Waals surface area contributed by atoms with E-state index in [2.05, 4.69) is 22.9 Å². The Labute approximate surface area is 143 Å². The van der Waals surface area contributed by atoms with Crippen LogP contribution < -0.4 is 5.73 Å². The number of hydrogen-bond donors (Lipinski definition) is 1. The summed E-state index contributed by atoms with van der Waals surface area (Å²) in [7, 11) is 3.57. The number of ether oxygens (including phenoxy) is 1. The molecule has 1 aromatic rings. The van der Waals surface area contributed by atoms with E-state index in [1.165, 1.54) is 7.11 Å². The first-order valence-electron chi connectivity index (χ1n) is 8.32. The van der Waals surface area contributed by atoms with Crippen molar-refractivity contribution in [3.05, 3.63) is 48.1 Å². The molecule has 0 bridgehead atoms. The van der Waals surface area contributed by atoms with Crippen LogP contribution in [-0.4, -0.2) is 61.6 Å². The molecular formula is C19H25N3O2. The molecule has 5 heteroatoms. The van der Waals surface area contributed by atoms with Crippen molar-refractivity contribution >= 4 is 17.2 Å². The van der Waals surface area contributed by atoms with E-state index in [0.717, 1.165) is 43.0 Å². The van der Waals surface area contributed by atoms with Crippen molar-refractivity contribution < 1.29 is 9.53 Å². The lowest BCUT2D eigenvalue weighted by Gasteiger charge is -2.44. The maximum atomic E-state index is 12.6. The largest absolute Gasteiger partial charge is 0.467 e. The van der Waals surface area contributed by atoms with Crippen molar-refractivity contribution in [2.45, 2.75) is 12.0 Å². The van der Waals surface area contributed by atoms with Gasteiger partial charge in [-0.05, 0) is 36.7 Å². The summed E-state index contributed by atoms with van der Waals surface area (Å²) in [6, 6.07) is 7.81. The molecule has 0 spiro atoms. The Kier molecular flexibility index (Phi) is 4.73. The SMILES string of the molecule is COC(=O)C1(N2CCN(C)CC2)C=CC(c2cccc(N)c2)=CC1. The number of nitrogen functional groups attached to an aromatic ring is 1. The lowest BCUT2D eigenvalue weighted by atomic mass is 9.84. The van der Waals surface area contributed by atoms with Crippen molar-refractivity contribution in [3.8, 4) is 0 Å². The van der Waals surface area contributed by atoms with Gasteiger partial charge in [-0.3, -0.25) is 4.90 Å². The predicted molar refractivity (Wildman–Crippen MR) is 96.4 cm³/mol. The van der Waals surface area contributed by atoms with Crippen LogP contribution in [0.3, 0.4) is 0 Å². The first kappa shape index (κ1) is 16.7. The summed E-state index contributed by atoms with van der Waals surface area (Å²) in [4.78, 5) is 17.1. The zero-order valence-electron chi connectivity index (χ0n) is 14.4. The number of carbonyl (C=O) groups is 1. The number of benzene rings is 1. The van der Waals surface area contributed by atoms with Crippen LogP contribution in [0.1, 0.15) is 12.0 Å². The summed E-state index contributed by atoms with van der Waals surface area (Å²) in [5.74, 6) is -0.189. The lowest BCUT2D eigenvalue weighted by molar-refractivity contribution is -0.153. The Bertz CT molecular complexity index is 675. The van der Waals surface area contributed by atoms with Gasteiger partial charge in [0.15, 0.2) is 0 Å². The molecular weight excluding hydrogens is 302 g/mol. The number of carbonyl (C=O) groups excluding carboxylic acids is 1.